The lowest BCUT2D eigenvalue weighted by atomic mass is 10.1. The number of ether oxygens (including phenoxy) is 3. The number of nitro benzene ring substituents is 1. The molecule has 6 nitrogen and oxygen atoms in total. The number of hydrogen-bond acceptors (Lipinski definition) is 5. The van der Waals surface area contributed by atoms with E-state index in [1.807, 2.05) is 0 Å². The summed E-state index contributed by atoms with van der Waals surface area (Å²) in [5.41, 5.74) is 0.484. The third-order valence-corrected chi connectivity index (χ3v) is 3.09. The molecule has 0 N–H and O–H groups in total. The van der Waals surface area contributed by atoms with Crippen LogP contribution in [0.4, 0.5) is 5.69 Å². The second-order valence-electron chi connectivity index (χ2n) is 3.74. The zero-order chi connectivity index (χ0) is 13.1. The van der Waals surface area contributed by atoms with Crippen molar-refractivity contribution >= 4 is 21.6 Å². The van der Waals surface area contributed by atoms with Crippen LogP contribution in [0.3, 0.4) is 0 Å². The number of nitrogens with zero attached hydrogens (tertiary/aromatic N) is 1. The number of benzene rings is 1. The third kappa shape index (κ3) is 2.80. The Morgan fingerprint density at radius 2 is 2.17 bits per heavy atom. The second-order valence-corrected chi connectivity index (χ2v) is 4.65. The third-order valence-electron chi connectivity index (χ3n) is 2.63. The quantitative estimate of drug-likeness (QED) is 0.629. The van der Waals surface area contributed by atoms with Gasteiger partial charge in [0.05, 0.1) is 30.8 Å². The van der Waals surface area contributed by atoms with Crippen LogP contribution in [0.5, 0.6) is 5.75 Å². The Hall–Kier alpha value is -1.18. The van der Waals surface area contributed by atoms with Crippen molar-refractivity contribution in [1.82, 2.24) is 0 Å². The van der Waals surface area contributed by atoms with Gasteiger partial charge in [-0.15, -0.1) is 0 Å². The van der Waals surface area contributed by atoms with Gasteiger partial charge in [0.25, 0.3) is 5.69 Å². The van der Waals surface area contributed by atoms with Gasteiger partial charge in [0.2, 0.25) is 0 Å². The molecule has 0 radical (unpaired) electrons. The maximum Gasteiger partial charge on any atom is 0.277 e. The minimum atomic E-state index is -0.446. The van der Waals surface area contributed by atoms with Crippen LogP contribution in [0.15, 0.2) is 16.6 Å². The number of hydrogen-bond donors (Lipinski definition) is 0. The molecular weight excluding hydrogens is 306 g/mol. The molecule has 1 heterocycles. The van der Waals surface area contributed by atoms with Gasteiger partial charge in [0.15, 0.2) is 6.29 Å². The summed E-state index contributed by atoms with van der Waals surface area (Å²) >= 11 is 3.22. The van der Waals surface area contributed by atoms with Gasteiger partial charge in [0, 0.05) is 17.0 Å². The van der Waals surface area contributed by atoms with Gasteiger partial charge >= 0.3 is 0 Å². The summed E-state index contributed by atoms with van der Waals surface area (Å²) in [6.45, 7) is 1.02. The van der Waals surface area contributed by atoms with E-state index in [9.17, 15) is 10.1 Å². The summed E-state index contributed by atoms with van der Waals surface area (Å²) < 4.78 is 16.4. The molecule has 0 bridgehead atoms. The summed E-state index contributed by atoms with van der Waals surface area (Å²) in [6, 6.07) is 3.14. The van der Waals surface area contributed by atoms with Gasteiger partial charge in [0.1, 0.15) is 5.75 Å². The summed E-state index contributed by atoms with van der Waals surface area (Å²) in [4.78, 5) is 10.6. The Bertz CT molecular complexity index is 459. The van der Waals surface area contributed by atoms with Crippen LogP contribution in [0.25, 0.3) is 0 Å². The van der Waals surface area contributed by atoms with Crippen molar-refractivity contribution in [3.63, 3.8) is 0 Å². The Kier molecular flexibility index (Phi) is 4.15. The van der Waals surface area contributed by atoms with Crippen molar-refractivity contribution in [3.05, 3.63) is 32.3 Å². The molecule has 1 aliphatic rings. The summed E-state index contributed by atoms with van der Waals surface area (Å²) in [5, 5.41) is 11.1. The average Bonchev–Trinajstić information content (AvgIpc) is 2.83. The van der Waals surface area contributed by atoms with E-state index in [2.05, 4.69) is 15.9 Å². The van der Waals surface area contributed by atoms with Crippen LogP contribution >= 0.6 is 15.9 Å². The highest BCUT2D eigenvalue weighted by Gasteiger charge is 2.26. The summed E-state index contributed by atoms with van der Waals surface area (Å²) in [6.07, 6.45) is -0.147. The van der Waals surface area contributed by atoms with E-state index >= 15 is 0 Å². The first-order valence-electron chi connectivity index (χ1n) is 5.36. The number of rotatable bonds is 4. The van der Waals surface area contributed by atoms with Crippen molar-refractivity contribution in [1.29, 1.82) is 0 Å². The molecule has 0 amide bonds. The van der Waals surface area contributed by atoms with Gasteiger partial charge in [-0.25, -0.2) is 0 Å². The molecule has 1 fully saturated rings. The van der Waals surface area contributed by atoms with E-state index < -0.39 is 11.2 Å². The molecule has 0 saturated carbocycles. The second kappa shape index (κ2) is 5.64. The standard InChI is InChI=1S/C11H12BrNO5/c1-16-10-5-7(12)4-9(13(14)15)8(10)6-11-17-2-3-18-11/h4-5,11H,2-3,6H2,1H3. The minimum absolute atomic E-state index is 0.000301. The lowest BCUT2D eigenvalue weighted by Gasteiger charge is -2.13. The van der Waals surface area contributed by atoms with E-state index in [0.717, 1.165) is 0 Å². The number of nitro groups is 1. The smallest absolute Gasteiger partial charge is 0.277 e. The first-order valence-corrected chi connectivity index (χ1v) is 6.15. The Morgan fingerprint density at radius 3 is 2.72 bits per heavy atom. The SMILES string of the molecule is COc1cc(Br)cc([N+](=O)[O-])c1CC1OCCO1. The molecule has 18 heavy (non-hydrogen) atoms. The zero-order valence-electron chi connectivity index (χ0n) is 9.72. The molecule has 1 aromatic carbocycles. The van der Waals surface area contributed by atoms with Crippen LogP contribution in [-0.2, 0) is 15.9 Å². The molecule has 0 aromatic heterocycles. The van der Waals surface area contributed by atoms with Gasteiger partial charge in [-0.3, -0.25) is 10.1 Å². The monoisotopic (exact) mass is 317 g/mol. The highest BCUT2D eigenvalue weighted by atomic mass is 79.9. The maximum absolute atomic E-state index is 11.1. The molecule has 2 rings (SSSR count). The number of halogens is 1. The predicted molar refractivity (Wildman–Crippen MR) is 66.7 cm³/mol. The summed E-state index contributed by atoms with van der Waals surface area (Å²) in [7, 11) is 1.48. The van der Waals surface area contributed by atoms with Crippen molar-refractivity contribution in [2.45, 2.75) is 12.7 Å². The lowest BCUT2D eigenvalue weighted by Crippen LogP contribution is -2.13. The van der Waals surface area contributed by atoms with E-state index in [1.54, 1.807) is 6.07 Å². The fourth-order valence-corrected chi connectivity index (χ4v) is 2.26. The van der Waals surface area contributed by atoms with Crippen LogP contribution in [0, 0.1) is 10.1 Å². The van der Waals surface area contributed by atoms with E-state index in [0.29, 0.717) is 35.4 Å². The van der Waals surface area contributed by atoms with E-state index in [4.69, 9.17) is 14.2 Å². The van der Waals surface area contributed by atoms with Gasteiger partial charge in [-0.05, 0) is 6.07 Å². The van der Waals surface area contributed by atoms with Crippen molar-refractivity contribution in [3.8, 4) is 5.75 Å². The van der Waals surface area contributed by atoms with E-state index in [1.165, 1.54) is 13.2 Å². The number of methoxy groups -OCH3 is 1. The average molecular weight is 318 g/mol. The first-order chi connectivity index (χ1) is 8.61. The molecule has 0 aliphatic carbocycles. The Morgan fingerprint density at radius 1 is 1.50 bits per heavy atom. The largest absolute Gasteiger partial charge is 0.496 e. The molecular formula is C11H12BrNO5. The molecule has 0 atom stereocenters. The molecule has 0 unspecified atom stereocenters. The van der Waals surface area contributed by atoms with E-state index in [-0.39, 0.29) is 5.69 Å². The van der Waals surface area contributed by atoms with Crippen LogP contribution in [0.1, 0.15) is 5.56 Å². The normalized spacial score (nSPS) is 15.9. The lowest BCUT2D eigenvalue weighted by molar-refractivity contribution is -0.385. The van der Waals surface area contributed by atoms with Crippen LogP contribution < -0.4 is 4.74 Å². The molecule has 98 valence electrons. The Labute approximate surface area is 112 Å². The van der Waals surface area contributed by atoms with Crippen LogP contribution in [0.2, 0.25) is 0 Å². The highest BCUT2D eigenvalue weighted by Crippen LogP contribution is 2.34. The van der Waals surface area contributed by atoms with Gasteiger partial charge in [-0.1, -0.05) is 15.9 Å². The molecule has 1 aromatic rings. The van der Waals surface area contributed by atoms with Gasteiger partial charge < -0.3 is 14.2 Å². The Balaban J connectivity index is 2.37. The minimum Gasteiger partial charge on any atom is -0.496 e. The zero-order valence-corrected chi connectivity index (χ0v) is 11.3. The molecule has 1 saturated heterocycles. The maximum atomic E-state index is 11.1. The fraction of sp³-hybridized carbons (Fsp3) is 0.455. The van der Waals surface area contributed by atoms with Crippen molar-refractivity contribution < 1.29 is 19.1 Å². The van der Waals surface area contributed by atoms with Crippen molar-refractivity contribution in [2.75, 3.05) is 20.3 Å². The topological polar surface area (TPSA) is 70.8 Å². The van der Waals surface area contributed by atoms with Crippen molar-refractivity contribution in [2.24, 2.45) is 0 Å². The van der Waals surface area contributed by atoms with Gasteiger partial charge in [-0.2, -0.15) is 0 Å². The molecule has 7 heteroatoms. The first kappa shape index (κ1) is 13.3. The predicted octanol–water partition coefficient (Wildman–Crippen LogP) is 2.28. The highest BCUT2D eigenvalue weighted by molar-refractivity contribution is 9.10. The summed E-state index contributed by atoms with van der Waals surface area (Å²) in [5.74, 6) is 0.454. The molecule has 0 spiro atoms. The van der Waals surface area contributed by atoms with Crippen LogP contribution in [-0.4, -0.2) is 31.5 Å². The fourth-order valence-electron chi connectivity index (χ4n) is 1.84. The molecule has 1 aliphatic heterocycles.